The number of nitrogens with one attached hydrogen (secondary N) is 2. The number of carbonyl (C=O) groups excluding carboxylic acids is 1. The van der Waals surface area contributed by atoms with Crippen molar-refractivity contribution in [3.63, 3.8) is 0 Å². The second-order valence-corrected chi connectivity index (χ2v) is 12.7. The van der Waals surface area contributed by atoms with Gasteiger partial charge in [0.1, 0.15) is 18.1 Å². The van der Waals surface area contributed by atoms with Crippen LogP contribution in [-0.4, -0.2) is 36.4 Å². The topological polar surface area (TPSA) is 122 Å². The highest BCUT2D eigenvalue weighted by Gasteiger charge is 2.27. The Bertz CT molecular complexity index is 1770. The molecule has 0 atom stereocenters. The van der Waals surface area contributed by atoms with E-state index in [9.17, 15) is 26.0 Å². The largest absolute Gasteiger partial charge is 0.497 e. The third-order valence-corrected chi connectivity index (χ3v) is 9.59. The quantitative estimate of drug-likeness (QED) is 0.245. The van der Waals surface area contributed by atoms with E-state index < -0.39 is 38.3 Å². The molecule has 0 aliphatic heterocycles. The first-order chi connectivity index (χ1) is 19.4. The lowest BCUT2D eigenvalue weighted by atomic mass is 10.2. The van der Waals surface area contributed by atoms with E-state index in [0.717, 1.165) is 28.6 Å². The molecule has 9 nitrogen and oxygen atoms in total. The SMILES string of the molecule is COc1ccc(N(CC(=O)Nc2ccc(S(=O)(=O)Nc3cccc(Cl)c3C)cc2)S(=O)(=O)c2ccc(F)cc2)cc1. The molecule has 0 radical (unpaired) electrons. The number of anilines is 3. The van der Waals surface area contributed by atoms with Crippen LogP contribution in [0.4, 0.5) is 21.5 Å². The number of amides is 1. The van der Waals surface area contributed by atoms with Gasteiger partial charge in [-0.15, -0.1) is 0 Å². The van der Waals surface area contributed by atoms with Gasteiger partial charge in [-0.3, -0.25) is 13.8 Å². The van der Waals surface area contributed by atoms with Gasteiger partial charge in [-0.1, -0.05) is 17.7 Å². The number of ether oxygens (including phenoxy) is 1. The van der Waals surface area contributed by atoms with Crippen molar-refractivity contribution in [2.24, 2.45) is 0 Å². The summed E-state index contributed by atoms with van der Waals surface area (Å²) in [5.41, 5.74) is 1.31. The minimum absolute atomic E-state index is 0.0615. The maximum absolute atomic E-state index is 13.4. The number of methoxy groups -OCH3 is 1. The van der Waals surface area contributed by atoms with Crippen molar-refractivity contribution in [3.05, 3.63) is 107 Å². The first-order valence-corrected chi connectivity index (χ1v) is 15.3. The third kappa shape index (κ3) is 6.96. The fourth-order valence-electron chi connectivity index (χ4n) is 3.77. The van der Waals surface area contributed by atoms with E-state index in [1.54, 1.807) is 37.3 Å². The molecule has 4 rings (SSSR count). The van der Waals surface area contributed by atoms with Gasteiger partial charge in [0.2, 0.25) is 5.91 Å². The highest BCUT2D eigenvalue weighted by Crippen LogP contribution is 2.28. The van der Waals surface area contributed by atoms with Crippen LogP contribution >= 0.6 is 11.6 Å². The van der Waals surface area contributed by atoms with Gasteiger partial charge in [-0.05, 0) is 97.4 Å². The number of carbonyl (C=O) groups is 1. The highest BCUT2D eigenvalue weighted by atomic mass is 35.5. The maximum atomic E-state index is 13.4. The van der Waals surface area contributed by atoms with Crippen molar-refractivity contribution in [1.82, 2.24) is 0 Å². The molecule has 0 bridgehead atoms. The number of rotatable bonds is 10. The highest BCUT2D eigenvalue weighted by molar-refractivity contribution is 7.93. The van der Waals surface area contributed by atoms with Crippen molar-refractivity contribution in [1.29, 1.82) is 0 Å². The Kier molecular flexibility index (Phi) is 8.86. The summed E-state index contributed by atoms with van der Waals surface area (Å²) in [5, 5.41) is 2.99. The summed E-state index contributed by atoms with van der Waals surface area (Å²) in [6.07, 6.45) is 0. The van der Waals surface area contributed by atoms with E-state index in [4.69, 9.17) is 16.3 Å². The minimum atomic E-state index is -4.27. The molecular weight excluding hydrogens is 593 g/mol. The molecule has 214 valence electrons. The van der Waals surface area contributed by atoms with Crippen molar-refractivity contribution in [2.75, 3.05) is 28.0 Å². The molecule has 0 saturated carbocycles. The van der Waals surface area contributed by atoms with Crippen LogP contribution in [0, 0.1) is 12.7 Å². The van der Waals surface area contributed by atoms with Crippen LogP contribution in [0.25, 0.3) is 0 Å². The second-order valence-electron chi connectivity index (χ2n) is 8.75. The molecule has 0 fully saturated rings. The van der Waals surface area contributed by atoms with E-state index >= 15 is 0 Å². The molecule has 41 heavy (non-hydrogen) atoms. The lowest BCUT2D eigenvalue weighted by Crippen LogP contribution is -2.38. The molecule has 0 heterocycles. The Morgan fingerprint density at radius 3 is 2.10 bits per heavy atom. The molecule has 2 N–H and O–H groups in total. The Balaban J connectivity index is 1.54. The molecule has 13 heteroatoms. The fraction of sp³-hybridized carbons (Fsp3) is 0.107. The van der Waals surface area contributed by atoms with Crippen molar-refractivity contribution in [2.45, 2.75) is 16.7 Å². The predicted octanol–water partition coefficient (Wildman–Crippen LogP) is 5.43. The van der Waals surface area contributed by atoms with Gasteiger partial charge in [-0.25, -0.2) is 21.2 Å². The second kappa shape index (κ2) is 12.2. The number of halogens is 2. The number of hydrogen-bond donors (Lipinski definition) is 2. The van der Waals surface area contributed by atoms with Crippen LogP contribution in [0.3, 0.4) is 0 Å². The van der Waals surface area contributed by atoms with Gasteiger partial charge in [0.05, 0.1) is 28.3 Å². The zero-order valence-electron chi connectivity index (χ0n) is 21.8. The predicted molar refractivity (Wildman–Crippen MR) is 156 cm³/mol. The Morgan fingerprint density at radius 2 is 1.49 bits per heavy atom. The van der Waals surface area contributed by atoms with Crippen LogP contribution in [0.2, 0.25) is 5.02 Å². The lowest BCUT2D eigenvalue weighted by Gasteiger charge is -2.24. The smallest absolute Gasteiger partial charge is 0.264 e. The van der Waals surface area contributed by atoms with Gasteiger partial charge in [0.15, 0.2) is 0 Å². The van der Waals surface area contributed by atoms with Crippen molar-refractivity contribution in [3.8, 4) is 5.75 Å². The molecule has 4 aromatic carbocycles. The first kappa shape index (κ1) is 29.8. The van der Waals surface area contributed by atoms with Gasteiger partial charge in [0, 0.05) is 10.7 Å². The summed E-state index contributed by atoms with van der Waals surface area (Å²) < 4.78 is 74.6. The Hall–Kier alpha value is -4.13. The van der Waals surface area contributed by atoms with Crippen LogP contribution in [-0.2, 0) is 24.8 Å². The van der Waals surface area contributed by atoms with E-state index in [-0.39, 0.29) is 21.2 Å². The monoisotopic (exact) mass is 617 g/mol. The van der Waals surface area contributed by atoms with Gasteiger partial charge in [0.25, 0.3) is 20.0 Å². The number of hydrogen-bond acceptors (Lipinski definition) is 6. The summed E-state index contributed by atoms with van der Waals surface area (Å²) in [5.74, 6) is -0.830. The Labute approximate surface area is 242 Å². The van der Waals surface area contributed by atoms with Crippen LogP contribution in [0.1, 0.15) is 5.56 Å². The fourth-order valence-corrected chi connectivity index (χ4v) is 6.49. The van der Waals surface area contributed by atoms with E-state index in [1.807, 2.05) is 0 Å². The molecule has 1 amide bonds. The molecule has 0 saturated heterocycles. The molecule has 0 aliphatic carbocycles. The average molecular weight is 618 g/mol. The van der Waals surface area contributed by atoms with E-state index in [1.165, 1.54) is 43.5 Å². The zero-order chi connectivity index (χ0) is 29.8. The summed E-state index contributed by atoms with van der Waals surface area (Å²) >= 11 is 6.08. The third-order valence-electron chi connectivity index (χ3n) is 6.01. The van der Waals surface area contributed by atoms with Crippen LogP contribution in [0.15, 0.2) is 101 Å². The van der Waals surface area contributed by atoms with Crippen LogP contribution < -0.4 is 19.1 Å². The summed E-state index contributed by atoms with van der Waals surface area (Å²) in [6, 6.07) is 20.5. The molecule has 4 aromatic rings. The van der Waals surface area contributed by atoms with Gasteiger partial charge < -0.3 is 10.1 Å². The van der Waals surface area contributed by atoms with E-state index in [0.29, 0.717) is 22.0 Å². The lowest BCUT2D eigenvalue weighted by molar-refractivity contribution is -0.114. The number of sulfonamides is 2. The Morgan fingerprint density at radius 1 is 0.878 bits per heavy atom. The molecule has 0 aromatic heterocycles. The van der Waals surface area contributed by atoms with Crippen LogP contribution in [0.5, 0.6) is 5.75 Å². The normalized spacial score (nSPS) is 11.5. The standard InChI is InChI=1S/C28H25ClFN3O6S2/c1-19-26(29)4-3-5-27(19)32-40(35,36)24-16-8-21(9-17-24)31-28(34)18-33(22-10-12-23(39-2)13-11-22)41(37,38)25-14-6-20(30)7-15-25/h3-17,32H,18H2,1-2H3,(H,31,34). The number of nitrogens with zero attached hydrogens (tertiary/aromatic N) is 1. The van der Waals surface area contributed by atoms with Crippen molar-refractivity contribution >= 4 is 54.6 Å². The molecule has 0 spiro atoms. The first-order valence-electron chi connectivity index (χ1n) is 12.0. The average Bonchev–Trinajstić information content (AvgIpc) is 2.95. The maximum Gasteiger partial charge on any atom is 0.264 e. The summed E-state index contributed by atoms with van der Waals surface area (Å²) in [7, 11) is -6.77. The summed E-state index contributed by atoms with van der Waals surface area (Å²) in [6.45, 7) is 1.06. The molecule has 0 unspecified atom stereocenters. The van der Waals surface area contributed by atoms with Gasteiger partial charge in [-0.2, -0.15) is 0 Å². The van der Waals surface area contributed by atoms with Crippen molar-refractivity contribution < 1.29 is 30.8 Å². The van der Waals surface area contributed by atoms with Gasteiger partial charge >= 0.3 is 0 Å². The zero-order valence-corrected chi connectivity index (χ0v) is 24.2. The minimum Gasteiger partial charge on any atom is -0.497 e. The molecule has 0 aliphatic rings. The summed E-state index contributed by atoms with van der Waals surface area (Å²) in [4.78, 5) is 12.7. The molecular formula is C28H25ClFN3O6S2. The number of benzene rings is 4. The van der Waals surface area contributed by atoms with E-state index in [2.05, 4.69) is 10.0 Å².